The van der Waals surface area contributed by atoms with Crippen LogP contribution in [0.1, 0.15) is 36.0 Å². The highest BCUT2D eigenvalue weighted by atomic mass is 16.2. The lowest BCUT2D eigenvalue weighted by Crippen LogP contribution is -2.38. The van der Waals surface area contributed by atoms with E-state index in [0.29, 0.717) is 29.1 Å². The number of aromatic amines is 1. The van der Waals surface area contributed by atoms with Crippen molar-refractivity contribution in [1.29, 1.82) is 0 Å². The number of aromatic nitrogens is 3. The normalized spacial score (nSPS) is 18.6. The molecule has 2 heterocycles. The van der Waals surface area contributed by atoms with E-state index >= 15 is 0 Å². The molecule has 4 rings (SSSR count). The first-order valence-electron chi connectivity index (χ1n) is 7.10. The van der Waals surface area contributed by atoms with E-state index in [9.17, 15) is 9.59 Å². The van der Waals surface area contributed by atoms with E-state index in [1.807, 2.05) is 0 Å². The van der Waals surface area contributed by atoms with Crippen LogP contribution in [0.5, 0.6) is 0 Å². The van der Waals surface area contributed by atoms with Crippen LogP contribution in [-0.2, 0) is 0 Å². The second kappa shape index (κ2) is 4.19. The van der Waals surface area contributed by atoms with E-state index in [0.717, 1.165) is 0 Å². The van der Waals surface area contributed by atoms with Crippen molar-refractivity contribution in [3.63, 3.8) is 0 Å². The summed E-state index contributed by atoms with van der Waals surface area (Å²) in [5.41, 5.74) is 0.704. The number of hydrogen-bond donors (Lipinski definition) is 2. The van der Waals surface area contributed by atoms with Crippen molar-refractivity contribution in [2.24, 2.45) is 11.8 Å². The van der Waals surface area contributed by atoms with E-state index in [1.165, 1.54) is 30.1 Å². The van der Waals surface area contributed by atoms with Crippen molar-refractivity contribution in [2.45, 2.75) is 31.7 Å². The highest BCUT2D eigenvalue weighted by Gasteiger charge is 2.42. The first-order chi connectivity index (χ1) is 9.72. The van der Waals surface area contributed by atoms with Gasteiger partial charge in [-0.05, 0) is 49.7 Å². The Kier molecular flexibility index (Phi) is 2.45. The minimum absolute atomic E-state index is 0.0937. The van der Waals surface area contributed by atoms with Crippen LogP contribution in [0.4, 0.5) is 0 Å². The molecule has 0 spiro atoms. The first-order valence-corrected chi connectivity index (χ1v) is 7.10. The molecule has 0 unspecified atom stereocenters. The summed E-state index contributed by atoms with van der Waals surface area (Å²) in [5.74, 6) is 1.22. The molecule has 6 heteroatoms. The first kappa shape index (κ1) is 11.7. The zero-order valence-corrected chi connectivity index (χ0v) is 11.0. The van der Waals surface area contributed by atoms with Crippen LogP contribution in [0.3, 0.4) is 0 Å². The van der Waals surface area contributed by atoms with Crippen LogP contribution in [0.2, 0.25) is 0 Å². The highest BCUT2D eigenvalue weighted by Crippen LogP contribution is 2.44. The lowest BCUT2D eigenvalue weighted by Gasteiger charge is -2.17. The van der Waals surface area contributed by atoms with Gasteiger partial charge in [0.05, 0.1) is 5.56 Å². The summed E-state index contributed by atoms with van der Waals surface area (Å²) in [6.45, 7) is 0. The summed E-state index contributed by atoms with van der Waals surface area (Å²) >= 11 is 0. The van der Waals surface area contributed by atoms with Gasteiger partial charge in [0.1, 0.15) is 0 Å². The van der Waals surface area contributed by atoms with Crippen LogP contribution < -0.4 is 11.0 Å². The summed E-state index contributed by atoms with van der Waals surface area (Å²) in [6.07, 6.45) is 6.44. The molecule has 20 heavy (non-hydrogen) atoms. The molecule has 0 radical (unpaired) electrons. The predicted molar refractivity (Wildman–Crippen MR) is 72.5 cm³/mol. The number of fused-ring (bicyclic) bond motifs is 1. The smallest absolute Gasteiger partial charge is 0.347 e. The Morgan fingerprint density at radius 2 is 2.00 bits per heavy atom. The van der Waals surface area contributed by atoms with Crippen LogP contribution >= 0.6 is 0 Å². The summed E-state index contributed by atoms with van der Waals surface area (Å²) < 4.78 is 1.36. The van der Waals surface area contributed by atoms with Crippen molar-refractivity contribution >= 4 is 11.6 Å². The second-order valence-corrected chi connectivity index (χ2v) is 5.85. The lowest BCUT2D eigenvalue weighted by molar-refractivity contribution is 0.0926. The van der Waals surface area contributed by atoms with Crippen molar-refractivity contribution in [2.75, 3.05) is 0 Å². The van der Waals surface area contributed by atoms with E-state index in [-0.39, 0.29) is 11.6 Å². The Hall–Kier alpha value is -2.11. The molecule has 0 saturated heterocycles. The molecule has 2 saturated carbocycles. The number of carbonyl (C=O) groups excluding carboxylic acids is 1. The Bertz CT molecular complexity index is 712. The number of pyridine rings is 1. The van der Waals surface area contributed by atoms with E-state index in [1.54, 1.807) is 18.3 Å². The van der Waals surface area contributed by atoms with Gasteiger partial charge in [-0.25, -0.2) is 14.3 Å². The Morgan fingerprint density at radius 3 is 2.65 bits per heavy atom. The fourth-order valence-corrected chi connectivity index (χ4v) is 2.81. The lowest BCUT2D eigenvalue weighted by atomic mass is 10.1. The molecule has 2 N–H and O–H groups in total. The van der Waals surface area contributed by atoms with Gasteiger partial charge in [0.15, 0.2) is 5.65 Å². The average Bonchev–Trinajstić information content (AvgIpc) is 3.36. The molecular formula is C14H16N4O2. The molecule has 2 fully saturated rings. The number of hydrogen-bond acceptors (Lipinski definition) is 3. The number of carbonyl (C=O) groups is 1. The maximum Gasteiger partial charge on any atom is 0.347 e. The predicted octanol–water partition coefficient (Wildman–Crippen LogP) is 0.941. The maximum atomic E-state index is 12.3. The average molecular weight is 272 g/mol. The molecule has 2 aromatic rings. The molecule has 0 atom stereocenters. The number of rotatable bonds is 4. The third kappa shape index (κ3) is 2.01. The maximum absolute atomic E-state index is 12.3. The minimum atomic E-state index is -0.324. The summed E-state index contributed by atoms with van der Waals surface area (Å²) in [7, 11) is 0. The highest BCUT2D eigenvalue weighted by molar-refractivity contribution is 5.94. The molecule has 0 aromatic carbocycles. The molecular weight excluding hydrogens is 256 g/mol. The summed E-state index contributed by atoms with van der Waals surface area (Å²) in [5, 5.41) is 9.36. The third-order valence-corrected chi connectivity index (χ3v) is 4.23. The Morgan fingerprint density at radius 1 is 1.30 bits per heavy atom. The van der Waals surface area contributed by atoms with Crippen molar-refractivity contribution in [3.8, 4) is 0 Å². The fraction of sp³-hybridized carbons (Fsp3) is 0.500. The van der Waals surface area contributed by atoms with Gasteiger partial charge >= 0.3 is 5.69 Å². The molecule has 0 aliphatic heterocycles. The summed E-state index contributed by atoms with van der Waals surface area (Å²) in [4.78, 5) is 23.9. The number of nitrogens with zero attached hydrogens (tertiary/aromatic N) is 2. The Labute approximate surface area is 115 Å². The van der Waals surface area contributed by atoms with Crippen molar-refractivity contribution < 1.29 is 4.79 Å². The monoisotopic (exact) mass is 272 g/mol. The van der Waals surface area contributed by atoms with E-state index in [2.05, 4.69) is 15.5 Å². The fourth-order valence-electron chi connectivity index (χ4n) is 2.81. The quantitative estimate of drug-likeness (QED) is 0.869. The standard InChI is InChI=1S/C14H16N4O2/c19-13(15-12(8-1-2-8)9-3-4-9)10-5-6-11-16-17-14(20)18(11)7-10/h5-9,12H,1-4H2,(H,15,19)(H,17,20). The molecule has 2 aliphatic rings. The SMILES string of the molecule is O=C(NC(C1CC1)C1CC1)c1ccc2n[nH]c(=O)n2c1. The van der Waals surface area contributed by atoms with Gasteiger partial charge < -0.3 is 5.32 Å². The van der Waals surface area contributed by atoms with Crippen molar-refractivity contribution in [3.05, 3.63) is 34.4 Å². The van der Waals surface area contributed by atoms with E-state index < -0.39 is 0 Å². The van der Waals surface area contributed by atoms with Crippen LogP contribution in [0.25, 0.3) is 5.65 Å². The van der Waals surface area contributed by atoms with Gasteiger partial charge in [0.2, 0.25) is 0 Å². The Balaban J connectivity index is 1.59. The molecule has 0 bridgehead atoms. The van der Waals surface area contributed by atoms with Gasteiger partial charge in [-0.3, -0.25) is 4.79 Å². The third-order valence-electron chi connectivity index (χ3n) is 4.23. The zero-order chi connectivity index (χ0) is 13.7. The minimum Gasteiger partial charge on any atom is -0.349 e. The van der Waals surface area contributed by atoms with Gasteiger partial charge in [-0.15, -0.1) is 0 Å². The molecule has 6 nitrogen and oxygen atoms in total. The van der Waals surface area contributed by atoms with Crippen molar-refractivity contribution in [1.82, 2.24) is 19.9 Å². The molecule has 104 valence electrons. The van der Waals surface area contributed by atoms with Gasteiger partial charge in [-0.1, -0.05) is 0 Å². The second-order valence-electron chi connectivity index (χ2n) is 5.85. The zero-order valence-electron chi connectivity index (χ0n) is 11.0. The largest absolute Gasteiger partial charge is 0.349 e. The number of amides is 1. The molecule has 2 aromatic heterocycles. The van der Waals surface area contributed by atoms with Crippen LogP contribution in [0, 0.1) is 11.8 Å². The van der Waals surface area contributed by atoms with Gasteiger partial charge in [-0.2, -0.15) is 5.10 Å². The number of nitrogens with one attached hydrogen (secondary N) is 2. The molecule has 1 amide bonds. The topological polar surface area (TPSA) is 79.3 Å². The van der Waals surface area contributed by atoms with Crippen LogP contribution in [-0.4, -0.2) is 26.5 Å². The van der Waals surface area contributed by atoms with Gasteiger partial charge in [0, 0.05) is 12.2 Å². The van der Waals surface area contributed by atoms with E-state index in [4.69, 9.17) is 0 Å². The number of H-pyrrole nitrogens is 1. The molecule has 2 aliphatic carbocycles. The summed E-state index contributed by atoms with van der Waals surface area (Å²) in [6, 6.07) is 3.71. The van der Waals surface area contributed by atoms with Gasteiger partial charge in [0.25, 0.3) is 5.91 Å². The van der Waals surface area contributed by atoms with Crippen LogP contribution in [0.15, 0.2) is 23.1 Å².